The molecule has 1 aliphatic heterocycles. The van der Waals surface area contributed by atoms with E-state index in [4.69, 9.17) is 0 Å². The third-order valence-corrected chi connectivity index (χ3v) is 3.95. The molecular formula is C15H20F3NO2. The molecule has 2 atom stereocenters. The van der Waals surface area contributed by atoms with Crippen molar-refractivity contribution in [1.29, 1.82) is 0 Å². The molecule has 0 aromatic heterocycles. The van der Waals surface area contributed by atoms with Crippen LogP contribution in [0.5, 0.6) is 5.75 Å². The highest BCUT2D eigenvalue weighted by atomic mass is 19.4. The summed E-state index contributed by atoms with van der Waals surface area (Å²) in [5, 5.41) is 9.26. The maximum atomic E-state index is 12.1. The first kappa shape index (κ1) is 16.1. The summed E-state index contributed by atoms with van der Waals surface area (Å²) in [4.78, 5) is 2.25. The third kappa shape index (κ3) is 4.61. The third-order valence-electron chi connectivity index (χ3n) is 3.95. The van der Waals surface area contributed by atoms with E-state index in [1.165, 1.54) is 12.1 Å². The molecule has 118 valence electrons. The molecular weight excluding hydrogens is 283 g/mol. The predicted molar refractivity (Wildman–Crippen MR) is 72.9 cm³/mol. The lowest BCUT2D eigenvalue weighted by atomic mass is 9.96. The van der Waals surface area contributed by atoms with Crippen LogP contribution in [0.3, 0.4) is 0 Å². The van der Waals surface area contributed by atoms with Gasteiger partial charge in [-0.25, -0.2) is 0 Å². The lowest BCUT2D eigenvalue weighted by Crippen LogP contribution is -2.38. The van der Waals surface area contributed by atoms with Gasteiger partial charge in [0, 0.05) is 19.2 Å². The SMILES string of the molecule is CC(c1ccc(OC(F)(F)F)cc1)N1CCCC(CO)C1. The maximum absolute atomic E-state index is 12.1. The van der Waals surface area contributed by atoms with E-state index in [0.29, 0.717) is 0 Å². The summed E-state index contributed by atoms with van der Waals surface area (Å²) in [5.41, 5.74) is 0.947. The van der Waals surface area contributed by atoms with Crippen molar-refractivity contribution in [2.75, 3.05) is 19.7 Å². The topological polar surface area (TPSA) is 32.7 Å². The molecule has 0 bridgehead atoms. The van der Waals surface area contributed by atoms with Crippen molar-refractivity contribution in [3.63, 3.8) is 0 Å². The number of piperidine rings is 1. The van der Waals surface area contributed by atoms with E-state index in [2.05, 4.69) is 9.64 Å². The Morgan fingerprint density at radius 3 is 2.57 bits per heavy atom. The Hall–Kier alpha value is -1.27. The lowest BCUT2D eigenvalue weighted by Gasteiger charge is -2.36. The fourth-order valence-corrected chi connectivity index (χ4v) is 2.76. The first-order chi connectivity index (χ1) is 9.89. The summed E-state index contributed by atoms with van der Waals surface area (Å²) in [6.07, 6.45) is -2.60. The summed E-state index contributed by atoms with van der Waals surface area (Å²) in [5.74, 6) is 0.0827. The zero-order valence-corrected chi connectivity index (χ0v) is 11.9. The number of aliphatic hydroxyl groups excluding tert-OH is 1. The minimum absolute atomic E-state index is 0.110. The van der Waals surface area contributed by atoms with Crippen molar-refractivity contribution in [2.45, 2.75) is 32.2 Å². The zero-order chi connectivity index (χ0) is 15.5. The first-order valence-electron chi connectivity index (χ1n) is 7.09. The van der Waals surface area contributed by atoms with Gasteiger partial charge in [-0.1, -0.05) is 12.1 Å². The standard InChI is InChI=1S/C15H20F3NO2/c1-11(19-8-2-3-12(9-19)10-20)13-4-6-14(7-5-13)21-15(16,17)18/h4-7,11-12,20H,2-3,8-10H2,1H3. The Labute approximate surface area is 122 Å². The van der Waals surface area contributed by atoms with E-state index in [1.54, 1.807) is 12.1 Å². The van der Waals surface area contributed by atoms with Gasteiger partial charge in [0.15, 0.2) is 0 Å². The first-order valence-corrected chi connectivity index (χ1v) is 7.09. The van der Waals surface area contributed by atoms with Crippen molar-refractivity contribution in [3.05, 3.63) is 29.8 Å². The minimum atomic E-state index is -4.66. The van der Waals surface area contributed by atoms with Crippen LogP contribution in [0.2, 0.25) is 0 Å². The second-order valence-corrected chi connectivity index (χ2v) is 5.48. The zero-order valence-electron chi connectivity index (χ0n) is 11.9. The van der Waals surface area contributed by atoms with Crippen LogP contribution in [0, 0.1) is 5.92 Å². The molecule has 0 saturated carbocycles. The smallest absolute Gasteiger partial charge is 0.406 e. The van der Waals surface area contributed by atoms with Crippen LogP contribution in [0.1, 0.15) is 31.4 Å². The fourth-order valence-electron chi connectivity index (χ4n) is 2.76. The van der Waals surface area contributed by atoms with Gasteiger partial charge in [0.25, 0.3) is 0 Å². The summed E-state index contributed by atoms with van der Waals surface area (Å²) >= 11 is 0. The van der Waals surface area contributed by atoms with Gasteiger partial charge in [0.1, 0.15) is 5.75 Å². The summed E-state index contributed by atoms with van der Waals surface area (Å²) in [6, 6.07) is 6.11. The Morgan fingerprint density at radius 1 is 1.33 bits per heavy atom. The predicted octanol–water partition coefficient (Wildman–Crippen LogP) is 3.35. The number of hydrogen-bond acceptors (Lipinski definition) is 3. The average molecular weight is 303 g/mol. The normalized spacial score (nSPS) is 22.0. The number of halogens is 3. The molecule has 1 saturated heterocycles. The molecule has 1 N–H and O–H groups in total. The van der Waals surface area contributed by atoms with Gasteiger partial charge in [-0.2, -0.15) is 0 Å². The molecule has 21 heavy (non-hydrogen) atoms. The second-order valence-electron chi connectivity index (χ2n) is 5.48. The van der Waals surface area contributed by atoms with Gasteiger partial charge in [-0.15, -0.1) is 13.2 Å². The largest absolute Gasteiger partial charge is 0.573 e. The number of hydrogen-bond donors (Lipinski definition) is 1. The highest BCUT2D eigenvalue weighted by Gasteiger charge is 2.31. The Balaban J connectivity index is 2.00. The van der Waals surface area contributed by atoms with Crippen molar-refractivity contribution in [2.24, 2.45) is 5.92 Å². The Bertz CT molecular complexity index is 447. The van der Waals surface area contributed by atoms with Crippen LogP contribution in [0.4, 0.5) is 13.2 Å². The number of alkyl halides is 3. The van der Waals surface area contributed by atoms with E-state index in [1.807, 2.05) is 6.92 Å². The Kier molecular flexibility index (Phi) is 5.11. The van der Waals surface area contributed by atoms with Crippen LogP contribution < -0.4 is 4.74 Å². The number of benzene rings is 1. The molecule has 1 aliphatic rings. The highest BCUT2D eigenvalue weighted by molar-refractivity contribution is 5.29. The van der Waals surface area contributed by atoms with Gasteiger partial charge in [-0.05, 0) is 49.9 Å². The molecule has 0 aliphatic carbocycles. The van der Waals surface area contributed by atoms with Crippen molar-refractivity contribution in [3.8, 4) is 5.75 Å². The summed E-state index contributed by atoms with van der Waals surface area (Å²) < 4.78 is 40.2. The van der Waals surface area contributed by atoms with Crippen LogP contribution in [-0.2, 0) is 0 Å². The van der Waals surface area contributed by atoms with Crippen LogP contribution in [-0.4, -0.2) is 36.1 Å². The quantitative estimate of drug-likeness (QED) is 0.926. The van der Waals surface area contributed by atoms with Crippen LogP contribution >= 0.6 is 0 Å². The number of rotatable bonds is 4. The van der Waals surface area contributed by atoms with Gasteiger partial charge in [0.05, 0.1) is 0 Å². The van der Waals surface area contributed by atoms with Crippen LogP contribution in [0.25, 0.3) is 0 Å². The summed E-state index contributed by atoms with van der Waals surface area (Å²) in [6.45, 7) is 3.97. The monoisotopic (exact) mass is 303 g/mol. The van der Waals surface area contributed by atoms with Crippen LogP contribution in [0.15, 0.2) is 24.3 Å². The van der Waals surface area contributed by atoms with Gasteiger partial charge in [-0.3, -0.25) is 4.90 Å². The van der Waals surface area contributed by atoms with Crippen molar-refractivity contribution < 1.29 is 23.0 Å². The van der Waals surface area contributed by atoms with E-state index < -0.39 is 6.36 Å². The van der Waals surface area contributed by atoms with Gasteiger partial charge >= 0.3 is 6.36 Å². The van der Waals surface area contributed by atoms with Crippen molar-refractivity contribution in [1.82, 2.24) is 4.90 Å². The molecule has 1 heterocycles. The number of aliphatic hydroxyl groups is 1. The van der Waals surface area contributed by atoms with E-state index in [9.17, 15) is 18.3 Å². The summed E-state index contributed by atoms with van der Waals surface area (Å²) in [7, 11) is 0. The van der Waals surface area contributed by atoms with E-state index >= 15 is 0 Å². The molecule has 0 spiro atoms. The minimum Gasteiger partial charge on any atom is -0.406 e. The molecule has 1 fully saturated rings. The number of nitrogens with zero attached hydrogens (tertiary/aromatic N) is 1. The Morgan fingerprint density at radius 2 is 2.00 bits per heavy atom. The van der Waals surface area contributed by atoms with Gasteiger partial charge in [0.2, 0.25) is 0 Å². The second kappa shape index (κ2) is 6.66. The average Bonchev–Trinajstić information content (AvgIpc) is 2.46. The molecule has 2 unspecified atom stereocenters. The number of ether oxygens (including phenoxy) is 1. The number of likely N-dealkylation sites (tertiary alicyclic amines) is 1. The fraction of sp³-hybridized carbons (Fsp3) is 0.600. The lowest BCUT2D eigenvalue weighted by molar-refractivity contribution is -0.274. The molecule has 0 radical (unpaired) electrons. The molecule has 1 aromatic rings. The van der Waals surface area contributed by atoms with Gasteiger partial charge < -0.3 is 9.84 Å². The van der Waals surface area contributed by atoms with Crippen molar-refractivity contribution >= 4 is 0 Å². The molecule has 0 amide bonds. The molecule has 2 rings (SSSR count). The maximum Gasteiger partial charge on any atom is 0.573 e. The molecule has 1 aromatic carbocycles. The van der Waals surface area contributed by atoms with E-state index in [-0.39, 0.29) is 24.3 Å². The molecule has 6 heteroatoms. The molecule has 3 nitrogen and oxygen atoms in total. The van der Waals surface area contributed by atoms with E-state index in [0.717, 1.165) is 31.5 Å². The highest BCUT2D eigenvalue weighted by Crippen LogP contribution is 2.29.